The van der Waals surface area contributed by atoms with Crippen LogP contribution in [-0.2, 0) is 25.7 Å². The monoisotopic (exact) mass is 391 g/mol. The Bertz CT molecular complexity index is 704. The van der Waals surface area contributed by atoms with Gasteiger partial charge in [-0.2, -0.15) is 0 Å². The molecule has 1 aromatic rings. The van der Waals surface area contributed by atoms with Crippen molar-refractivity contribution in [3.05, 3.63) is 35.9 Å². The highest BCUT2D eigenvalue weighted by atomic mass is 16.6. The molecule has 1 aliphatic heterocycles. The van der Waals surface area contributed by atoms with Gasteiger partial charge in [-0.15, -0.1) is 0 Å². The summed E-state index contributed by atoms with van der Waals surface area (Å²) in [6.45, 7) is 13.0. The first-order valence-corrected chi connectivity index (χ1v) is 9.65. The summed E-state index contributed by atoms with van der Waals surface area (Å²) in [5.41, 5.74) is -1.74. The van der Waals surface area contributed by atoms with Crippen molar-refractivity contribution in [3.8, 4) is 0 Å². The molecule has 1 N–H and O–H groups in total. The molecule has 2 unspecified atom stereocenters. The van der Waals surface area contributed by atoms with Gasteiger partial charge in [-0.1, -0.05) is 30.3 Å². The van der Waals surface area contributed by atoms with Crippen LogP contribution < -0.4 is 0 Å². The molecule has 3 atom stereocenters. The Morgan fingerprint density at radius 2 is 1.71 bits per heavy atom. The zero-order valence-corrected chi connectivity index (χ0v) is 18.0. The Hall–Kier alpha value is -1.92. The number of aliphatic hydroxyl groups is 1. The van der Waals surface area contributed by atoms with Gasteiger partial charge in [-0.3, -0.25) is 14.5 Å². The summed E-state index contributed by atoms with van der Waals surface area (Å²) in [6.07, 6.45) is -1.05. The summed E-state index contributed by atoms with van der Waals surface area (Å²) in [7, 11) is 0. The minimum absolute atomic E-state index is 0.106. The zero-order chi connectivity index (χ0) is 21.3. The van der Waals surface area contributed by atoms with E-state index in [-0.39, 0.29) is 13.2 Å². The summed E-state index contributed by atoms with van der Waals surface area (Å²) in [5, 5.41) is 10.8. The molecule has 1 aromatic carbocycles. The molecule has 0 amide bonds. The quantitative estimate of drug-likeness (QED) is 0.796. The van der Waals surface area contributed by atoms with E-state index in [1.54, 1.807) is 27.7 Å². The maximum Gasteiger partial charge on any atom is 0.325 e. The van der Waals surface area contributed by atoms with Crippen LogP contribution in [0.4, 0.5) is 0 Å². The van der Waals surface area contributed by atoms with Gasteiger partial charge in [0.15, 0.2) is 0 Å². The molecule has 1 fully saturated rings. The lowest BCUT2D eigenvalue weighted by Gasteiger charge is -2.39. The fraction of sp³-hybridized carbons (Fsp3) is 0.636. The number of aliphatic hydroxyl groups excluding tert-OH is 1. The molecule has 1 aliphatic rings. The normalized spacial score (nSPS) is 26.1. The molecule has 156 valence electrons. The van der Waals surface area contributed by atoms with Gasteiger partial charge in [0.2, 0.25) is 0 Å². The molecule has 0 aromatic heterocycles. The van der Waals surface area contributed by atoms with Gasteiger partial charge < -0.3 is 14.6 Å². The average molecular weight is 392 g/mol. The Morgan fingerprint density at radius 1 is 1.14 bits per heavy atom. The van der Waals surface area contributed by atoms with Gasteiger partial charge in [0.1, 0.15) is 23.7 Å². The SMILES string of the molecule is CC(C)(C)OC(=O)[C@]1(C)C(O)CN(C(C)(C)C)C1C(=O)OCc1ccccc1. The average Bonchev–Trinajstić information content (AvgIpc) is 2.85. The number of carbonyl (C=O) groups is 2. The van der Waals surface area contributed by atoms with E-state index in [1.807, 2.05) is 56.0 Å². The van der Waals surface area contributed by atoms with Crippen molar-refractivity contribution >= 4 is 11.9 Å². The number of hydrogen-bond acceptors (Lipinski definition) is 6. The van der Waals surface area contributed by atoms with Crippen molar-refractivity contribution < 1.29 is 24.2 Å². The molecule has 1 heterocycles. The van der Waals surface area contributed by atoms with Crippen molar-refractivity contribution in [2.75, 3.05) is 6.54 Å². The van der Waals surface area contributed by atoms with Gasteiger partial charge in [0, 0.05) is 12.1 Å². The van der Waals surface area contributed by atoms with Crippen molar-refractivity contribution in [1.82, 2.24) is 4.90 Å². The number of esters is 2. The lowest BCUT2D eigenvalue weighted by molar-refractivity contribution is -0.180. The van der Waals surface area contributed by atoms with Crippen molar-refractivity contribution in [1.29, 1.82) is 0 Å². The standard InChI is InChI=1S/C22H33NO5/c1-20(2,3)23-13-16(24)22(7,19(26)28-21(4,5)6)17(23)18(25)27-14-15-11-9-8-10-12-15/h8-12,16-17,24H,13-14H2,1-7H3/t16?,17?,22-/m1/s1. The van der Waals surface area contributed by atoms with Crippen LogP contribution in [-0.4, -0.2) is 51.8 Å². The third-order valence-corrected chi connectivity index (χ3v) is 5.09. The molecule has 0 spiro atoms. The fourth-order valence-electron chi connectivity index (χ4n) is 3.46. The van der Waals surface area contributed by atoms with E-state index < -0.39 is 40.6 Å². The van der Waals surface area contributed by atoms with Crippen LogP contribution in [0.2, 0.25) is 0 Å². The maximum absolute atomic E-state index is 13.1. The number of likely N-dealkylation sites (tertiary alicyclic amines) is 1. The zero-order valence-electron chi connectivity index (χ0n) is 18.0. The molecule has 6 nitrogen and oxygen atoms in total. The number of benzene rings is 1. The maximum atomic E-state index is 13.1. The molecule has 6 heteroatoms. The van der Waals surface area contributed by atoms with Crippen molar-refractivity contribution in [2.45, 2.75) is 78.4 Å². The van der Waals surface area contributed by atoms with Gasteiger partial charge in [0.05, 0.1) is 6.10 Å². The summed E-state index contributed by atoms with van der Waals surface area (Å²) in [6, 6.07) is 8.42. The van der Waals surface area contributed by atoms with Gasteiger partial charge in [-0.25, -0.2) is 0 Å². The first kappa shape index (κ1) is 22.4. The highest BCUT2D eigenvalue weighted by molar-refractivity contribution is 5.89. The first-order chi connectivity index (χ1) is 12.8. The molecule has 2 rings (SSSR count). The minimum Gasteiger partial charge on any atom is -0.460 e. The van der Waals surface area contributed by atoms with Crippen molar-refractivity contribution in [3.63, 3.8) is 0 Å². The van der Waals surface area contributed by atoms with Crippen LogP contribution in [0, 0.1) is 5.41 Å². The van der Waals surface area contributed by atoms with E-state index in [0.29, 0.717) is 0 Å². The third-order valence-electron chi connectivity index (χ3n) is 5.09. The lowest BCUT2D eigenvalue weighted by atomic mass is 9.79. The molecule has 1 saturated heterocycles. The highest BCUT2D eigenvalue weighted by Gasteiger charge is 2.62. The van der Waals surface area contributed by atoms with E-state index in [9.17, 15) is 14.7 Å². The topological polar surface area (TPSA) is 76.1 Å². The lowest BCUT2D eigenvalue weighted by Crippen LogP contribution is -2.56. The molecule has 0 bridgehead atoms. The summed E-state index contributed by atoms with van der Waals surface area (Å²) >= 11 is 0. The second-order valence-electron chi connectivity index (χ2n) is 9.62. The predicted octanol–water partition coefficient (Wildman–Crippen LogP) is 2.92. The largest absolute Gasteiger partial charge is 0.460 e. The number of β-amino-alcohol motifs (C(OH)–C–C–N with tert-alkyl or cyclic N) is 1. The van der Waals surface area contributed by atoms with Crippen LogP contribution in [0.3, 0.4) is 0 Å². The number of rotatable bonds is 4. The van der Waals surface area contributed by atoms with Crippen LogP contribution in [0.25, 0.3) is 0 Å². The fourth-order valence-corrected chi connectivity index (χ4v) is 3.46. The number of hydrogen-bond donors (Lipinski definition) is 1. The van der Waals surface area contributed by atoms with Crippen LogP contribution in [0.15, 0.2) is 30.3 Å². The van der Waals surface area contributed by atoms with Crippen LogP contribution in [0.1, 0.15) is 54.0 Å². The van der Waals surface area contributed by atoms with E-state index in [2.05, 4.69) is 0 Å². The van der Waals surface area contributed by atoms with Gasteiger partial charge in [0.25, 0.3) is 0 Å². The number of ether oxygens (including phenoxy) is 2. The summed E-state index contributed by atoms with van der Waals surface area (Å²) in [5.74, 6) is -1.13. The summed E-state index contributed by atoms with van der Waals surface area (Å²) < 4.78 is 11.1. The number of carbonyl (C=O) groups excluding carboxylic acids is 2. The Kier molecular flexibility index (Phi) is 6.26. The second kappa shape index (κ2) is 7.84. The molecular weight excluding hydrogens is 358 g/mol. The first-order valence-electron chi connectivity index (χ1n) is 9.65. The Morgan fingerprint density at radius 3 is 2.21 bits per heavy atom. The molecule has 28 heavy (non-hydrogen) atoms. The van der Waals surface area contributed by atoms with Crippen LogP contribution in [0.5, 0.6) is 0 Å². The van der Waals surface area contributed by atoms with E-state index in [1.165, 1.54) is 0 Å². The second-order valence-corrected chi connectivity index (χ2v) is 9.62. The number of nitrogens with zero attached hydrogens (tertiary/aromatic N) is 1. The molecule has 0 saturated carbocycles. The van der Waals surface area contributed by atoms with Crippen molar-refractivity contribution in [2.24, 2.45) is 5.41 Å². The molecular formula is C22H33NO5. The molecule has 0 radical (unpaired) electrons. The van der Waals surface area contributed by atoms with Gasteiger partial charge >= 0.3 is 11.9 Å². The Balaban J connectivity index is 2.33. The molecule has 0 aliphatic carbocycles. The van der Waals surface area contributed by atoms with E-state index in [4.69, 9.17) is 9.47 Å². The predicted molar refractivity (Wildman–Crippen MR) is 106 cm³/mol. The van der Waals surface area contributed by atoms with Crippen LogP contribution >= 0.6 is 0 Å². The Labute approximate surface area is 167 Å². The smallest absolute Gasteiger partial charge is 0.325 e. The minimum atomic E-state index is -1.42. The summed E-state index contributed by atoms with van der Waals surface area (Å²) in [4.78, 5) is 28.0. The third kappa shape index (κ3) is 4.73. The van der Waals surface area contributed by atoms with Gasteiger partial charge in [-0.05, 0) is 54.0 Å². The van der Waals surface area contributed by atoms with E-state index in [0.717, 1.165) is 5.56 Å². The highest BCUT2D eigenvalue weighted by Crippen LogP contribution is 2.43. The van der Waals surface area contributed by atoms with E-state index >= 15 is 0 Å².